The summed E-state index contributed by atoms with van der Waals surface area (Å²) in [5, 5.41) is 2.94. The summed E-state index contributed by atoms with van der Waals surface area (Å²) in [6.45, 7) is 8.58. The number of ether oxygens (including phenoxy) is 1. The first-order chi connectivity index (χ1) is 8.83. The van der Waals surface area contributed by atoms with Crippen LogP contribution in [0.25, 0.3) is 0 Å². The van der Waals surface area contributed by atoms with Crippen molar-refractivity contribution in [2.45, 2.75) is 34.2 Å². The highest BCUT2D eigenvalue weighted by molar-refractivity contribution is 5.82. The van der Waals surface area contributed by atoms with Gasteiger partial charge in [0.2, 0.25) is 5.91 Å². The third-order valence-electron chi connectivity index (χ3n) is 3.63. The van der Waals surface area contributed by atoms with Gasteiger partial charge in [0.1, 0.15) is 5.75 Å². The van der Waals surface area contributed by atoms with Crippen molar-refractivity contribution in [2.75, 3.05) is 13.7 Å². The third kappa shape index (κ3) is 3.47. The number of benzene rings is 1. The van der Waals surface area contributed by atoms with Gasteiger partial charge in [0.25, 0.3) is 0 Å². The maximum Gasteiger partial charge on any atom is 0.227 e. The lowest BCUT2D eigenvalue weighted by Gasteiger charge is -2.22. The van der Waals surface area contributed by atoms with Crippen molar-refractivity contribution < 1.29 is 9.53 Å². The Morgan fingerprint density at radius 1 is 1.32 bits per heavy atom. The molecule has 0 spiro atoms. The predicted octanol–water partition coefficient (Wildman–Crippen LogP) is 1.91. The zero-order valence-corrected chi connectivity index (χ0v) is 12.5. The average Bonchev–Trinajstić information content (AvgIpc) is 2.40. The summed E-state index contributed by atoms with van der Waals surface area (Å²) in [5.41, 5.74) is 8.40. The number of carbonyl (C=O) groups is 1. The number of hydrogen-bond donors (Lipinski definition) is 2. The molecule has 1 amide bonds. The zero-order valence-electron chi connectivity index (χ0n) is 12.5. The Morgan fingerprint density at radius 3 is 2.47 bits per heavy atom. The van der Waals surface area contributed by atoms with Crippen LogP contribution in [-0.4, -0.2) is 19.6 Å². The Hall–Kier alpha value is -1.55. The molecule has 0 aliphatic heterocycles. The molecule has 1 rings (SSSR count). The zero-order chi connectivity index (χ0) is 14.6. The second-order valence-electron chi connectivity index (χ2n) is 5.45. The van der Waals surface area contributed by atoms with E-state index in [2.05, 4.69) is 5.32 Å². The Kier molecular flexibility index (Phi) is 4.95. The van der Waals surface area contributed by atoms with Gasteiger partial charge >= 0.3 is 0 Å². The fraction of sp³-hybridized carbons (Fsp3) is 0.533. The smallest absolute Gasteiger partial charge is 0.227 e. The van der Waals surface area contributed by atoms with Crippen molar-refractivity contribution in [3.63, 3.8) is 0 Å². The van der Waals surface area contributed by atoms with Crippen LogP contribution in [0.15, 0.2) is 12.1 Å². The minimum Gasteiger partial charge on any atom is -0.496 e. The van der Waals surface area contributed by atoms with E-state index in [1.165, 1.54) is 0 Å². The minimum absolute atomic E-state index is 0.0251. The van der Waals surface area contributed by atoms with Crippen molar-refractivity contribution in [2.24, 2.45) is 11.1 Å². The Morgan fingerprint density at radius 2 is 1.95 bits per heavy atom. The van der Waals surface area contributed by atoms with Crippen LogP contribution in [0.2, 0.25) is 0 Å². The summed E-state index contributed by atoms with van der Waals surface area (Å²) in [4.78, 5) is 12.0. The number of methoxy groups -OCH3 is 1. The molecule has 1 aromatic rings. The van der Waals surface area contributed by atoms with Crippen LogP contribution in [0, 0.1) is 19.3 Å². The maximum absolute atomic E-state index is 12.0. The molecule has 0 unspecified atom stereocenters. The number of rotatable bonds is 5. The number of nitrogens with one attached hydrogen (secondary N) is 1. The van der Waals surface area contributed by atoms with Gasteiger partial charge in [-0.15, -0.1) is 0 Å². The number of hydrogen-bond acceptors (Lipinski definition) is 3. The van der Waals surface area contributed by atoms with E-state index in [0.717, 1.165) is 22.4 Å². The molecule has 0 aliphatic carbocycles. The van der Waals surface area contributed by atoms with E-state index in [1.54, 1.807) is 7.11 Å². The molecule has 0 heterocycles. The molecule has 3 N–H and O–H groups in total. The second-order valence-corrected chi connectivity index (χ2v) is 5.45. The first-order valence-corrected chi connectivity index (χ1v) is 6.45. The fourth-order valence-electron chi connectivity index (χ4n) is 1.77. The highest BCUT2D eigenvalue weighted by atomic mass is 16.5. The lowest BCUT2D eigenvalue weighted by Crippen LogP contribution is -2.41. The van der Waals surface area contributed by atoms with E-state index >= 15 is 0 Å². The van der Waals surface area contributed by atoms with E-state index in [0.29, 0.717) is 13.1 Å². The van der Waals surface area contributed by atoms with Gasteiger partial charge in [0.05, 0.1) is 12.5 Å². The monoisotopic (exact) mass is 264 g/mol. The molecule has 0 saturated carbocycles. The van der Waals surface area contributed by atoms with Gasteiger partial charge in [0, 0.05) is 13.1 Å². The standard InChI is InChI=1S/C15H24N2O2/c1-10-11(2)13(19-5)7-6-12(10)8-17-14(18)15(3,4)9-16/h6-7H,8-9,16H2,1-5H3,(H,17,18). The molecule has 0 aromatic heterocycles. The lowest BCUT2D eigenvalue weighted by atomic mass is 9.92. The molecule has 4 heteroatoms. The van der Waals surface area contributed by atoms with Crippen molar-refractivity contribution >= 4 is 5.91 Å². The molecule has 0 atom stereocenters. The normalized spacial score (nSPS) is 11.3. The summed E-state index contributed by atoms with van der Waals surface area (Å²) >= 11 is 0. The van der Waals surface area contributed by atoms with Crippen molar-refractivity contribution in [1.82, 2.24) is 5.32 Å². The fourth-order valence-corrected chi connectivity index (χ4v) is 1.77. The minimum atomic E-state index is -0.532. The second kappa shape index (κ2) is 6.06. The van der Waals surface area contributed by atoms with Gasteiger partial charge < -0.3 is 15.8 Å². The molecule has 0 aliphatic rings. The van der Waals surface area contributed by atoms with Crippen LogP contribution >= 0.6 is 0 Å². The van der Waals surface area contributed by atoms with Crippen LogP contribution < -0.4 is 15.8 Å². The van der Waals surface area contributed by atoms with Crippen LogP contribution in [0.3, 0.4) is 0 Å². The quantitative estimate of drug-likeness (QED) is 0.854. The van der Waals surface area contributed by atoms with Crippen LogP contribution in [0.5, 0.6) is 5.75 Å². The molecular formula is C15H24N2O2. The molecule has 106 valence electrons. The number of nitrogens with two attached hydrogens (primary N) is 1. The average molecular weight is 264 g/mol. The Bertz CT molecular complexity index is 467. The Balaban J connectivity index is 2.80. The van der Waals surface area contributed by atoms with Crippen molar-refractivity contribution in [3.05, 3.63) is 28.8 Å². The largest absolute Gasteiger partial charge is 0.496 e. The summed E-state index contributed by atoms with van der Waals surface area (Å²) in [7, 11) is 1.66. The van der Waals surface area contributed by atoms with Crippen LogP contribution in [0.4, 0.5) is 0 Å². The van der Waals surface area contributed by atoms with E-state index in [9.17, 15) is 4.79 Å². The SMILES string of the molecule is COc1ccc(CNC(=O)C(C)(C)CN)c(C)c1C. The van der Waals surface area contributed by atoms with E-state index in [1.807, 2.05) is 39.8 Å². The Labute approximate surface area is 115 Å². The van der Waals surface area contributed by atoms with Gasteiger partial charge in [-0.05, 0) is 50.5 Å². The van der Waals surface area contributed by atoms with E-state index in [-0.39, 0.29) is 5.91 Å². The summed E-state index contributed by atoms with van der Waals surface area (Å²) < 4.78 is 5.27. The van der Waals surface area contributed by atoms with Crippen LogP contribution in [0.1, 0.15) is 30.5 Å². The van der Waals surface area contributed by atoms with Gasteiger partial charge in [-0.3, -0.25) is 4.79 Å². The number of carbonyl (C=O) groups excluding carboxylic acids is 1. The van der Waals surface area contributed by atoms with Gasteiger partial charge in [-0.25, -0.2) is 0 Å². The van der Waals surface area contributed by atoms with Crippen molar-refractivity contribution in [3.8, 4) is 5.75 Å². The first-order valence-electron chi connectivity index (χ1n) is 6.45. The molecule has 0 radical (unpaired) electrons. The molecule has 1 aromatic carbocycles. The summed E-state index contributed by atoms with van der Waals surface area (Å²) in [5.74, 6) is 0.845. The van der Waals surface area contributed by atoms with E-state index < -0.39 is 5.41 Å². The topological polar surface area (TPSA) is 64.3 Å². The molecule has 19 heavy (non-hydrogen) atoms. The summed E-state index contributed by atoms with van der Waals surface area (Å²) in [6, 6.07) is 3.91. The molecular weight excluding hydrogens is 240 g/mol. The van der Waals surface area contributed by atoms with Crippen molar-refractivity contribution in [1.29, 1.82) is 0 Å². The first kappa shape index (κ1) is 15.5. The maximum atomic E-state index is 12.0. The predicted molar refractivity (Wildman–Crippen MR) is 77.2 cm³/mol. The van der Waals surface area contributed by atoms with Gasteiger partial charge in [-0.1, -0.05) is 6.07 Å². The lowest BCUT2D eigenvalue weighted by molar-refractivity contribution is -0.129. The third-order valence-corrected chi connectivity index (χ3v) is 3.63. The molecule has 4 nitrogen and oxygen atoms in total. The summed E-state index contributed by atoms with van der Waals surface area (Å²) in [6.07, 6.45) is 0. The number of amides is 1. The van der Waals surface area contributed by atoms with Gasteiger partial charge in [-0.2, -0.15) is 0 Å². The highest BCUT2D eigenvalue weighted by Gasteiger charge is 2.25. The van der Waals surface area contributed by atoms with Gasteiger partial charge in [0.15, 0.2) is 0 Å². The molecule has 0 bridgehead atoms. The van der Waals surface area contributed by atoms with E-state index in [4.69, 9.17) is 10.5 Å². The molecule has 0 saturated heterocycles. The molecule has 0 fully saturated rings. The van der Waals surface area contributed by atoms with Crippen LogP contribution in [-0.2, 0) is 11.3 Å². The highest BCUT2D eigenvalue weighted by Crippen LogP contribution is 2.24.